The van der Waals surface area contributed by atoms with Gasteiger partial charge in [0.05, 0.1) is 22.5 Å². The first-order valence-corrected chi connectivity index (χ1v) is 9.22. The van der Waals surface area contributed by atoms with Gasteiger partial charge in [-0.2, -0.15) is 13.2 Å². The lowest BCUT2D eigenvalue weighted by Gasteiger charge is -2.22. The number of nitrogens with zero attached hydrogens (tertiary/aromatic N) is 3. The number of fused-ring (bicyclic) bond motifs is 1. The molecule has 28 heavy (non-hydrogen) atoms. The third-order valence-corrected chi connectivity index (χ3v) is 5.03. The molecule has 0 saturated heterocycles. The second-order valence-electron chi connectivity index (χ2n) is 6.94. The molecule has 0 bridgehead atoms. The first-order valence-electron chi connectivity index (χ1n) is 8.84. The van der Waals surface area contributed by atoms with Crippen LogP contribution in [0.2, 0.25) is 5.02 Å². The van der Waals surface area contributed by atoms with E-state index in [1.165, 1.54) is 11.2 Å². The quantitative estimate of drug-likeness (QED) is 0.630. The van der Waals surface area contributed by atoms with Gasteiger partial charge in [0.15, 0.2) is 0 Å². The Labute approximate surface area is 163 Å². The summed E-state index contributed by atoms with van der Waals surface area (Å²) in [6.45, 7) is -0.0146. The Bertz CT molecular complexity index is 1010. The van der Waals surface area contributed by atoms with Crippen molar-refractivity contribution in [2.24, 2.45) is 5.92 Å². The van der Waals surface area contributed by atoms with E-state index in [1.54, 1.807) is 18.5 Å². The van der Waals surface area contributed by atoms with Crippen LogP contribution in [0.4, 0.5) is 13.2 Å². The Hall–Kier alpha value is -2.55. The zero-order valence-electron chi connectivity index (χ0n) is 14.7. The van der Waals surface area contributed by atoms with Crippen LogP contribution in [0.15, 0.2) is 24.8 Å². The maximum atomic E-state index is 12.8. The molecule has 1 fully saturated rings. The monoisotopic (exact) mass is 411 g/mol. The summed E-state index contributed by atoms with van der Waals surface area (Å²) in [4.78, 5) is 28.2. The fraction of sp³-hybridized carbons (Fsp3) is 0.389. The number of hydrogen-bond acceptors (Lipinski definition) is 3. The minimum absolute atomic E-state index is 0.219. The highest BCUT2D eigenvalue weighted by Crippen LogP contribution is 2.33. The molecule has 4 rings (SSSR count). The number of H-pyrrole nitrogens is 2. The predicted octanol–water partition coefficient (Wildman–Crippen LogP) is 4.41. The first kappa shape index (κ1) is 18.8. The van der Waals surface area contributed by atoms with Crippen molar-refractivity contribution in [1.82, 2.24) is 24.8 Å². The van der Waals surface area contributed by atoms with Crippen molar-refractivity contribution in [2.75, 3.05) is 13.1 Å². The van der Waals surface area contributed by atoms with Crippen molar-refractivity contribution >= 4 is 28.5 Å². The minimum Gasteiger partial charge on any atom is -0.357 e. The number of amides is 1. The second-order valence-corrected chi connectivity index (χ2v) is 7.35. The summed E-state index contributed by atoms with van der Waals surface area (Å²) < 4.78 is 37.9. The largest absolute Gasteiger partial charge is 0.390 e. The summed E-state index contributed by atoms with van der Waals surface area (Å²) >= 11 is 6.19. The lowest BCUT2D eigenvalue weighted by atomic mass is 10.1. The summed E-state index contributed by atoms with van der Waals surface area (Å²) in [5.41, 5.74) is 1.93. The lowest BCUT2D eigenvalue weighted by Crippen LogP contribution is -2.36. The topological polar surface area (TPSA) is 77.7 Å². The first-order chi connectivity index (χ1) is 13.3. The SMILES string of the molecule is O=C(c1cc(-c2ncnc3[nH]cc(Cl)c23)c[nH]1)N(CCC(F)(F)F)CC1CC1. The van der Waals surface area contributed by atoms with Gasteiger partial charge >= 0.3 is 6.18 Å². The van der Waals surface area contributed by atoms with Crippen molar-refractivity contribution in [3.05, 3.63) is 35.5 Å². The second kappa shape index (κ2) is 7.12. The van der Waals surface area contributed by atoms with Crippen LogP contribution in [0.3, 0.4) is 0 Å². The van der Waals surface area contributed by atoms with Gasteiger partial charge in [-0.1, -0.05) is 11.6 Å². The van der Waals surface area contributed by atoms with E-state index in [4.69, 9.17) is 11.6 Å². The molecule has 0 spiro atoms. The Kier molecular flexibility index (Phi) is 4.78. The van der Waals surface area contributed by atoms with Crippen LogP contribution in [-0.2, 0) is 0 Å². The van der Waals surface area contributed by atoms with Crippen LogP contribution >= 0.6 is 11.6 Å². The Balaban J connectivity index is 1.59. The van der Waals surface area contributed by atoms with Crippen LogP contribution in [0.5, 0.6) is 0 Å². The van der Waals surface area contributed by atoms with E-state index in [9.17, 15) is 18.0 Å². The molecule has 3 aromatic rings. The number of aromatic amines is 2. The molecule has 1 aliphatic carbocycles. The number of carbonyl (C=O) groups excluding carboxylic acids is 1. The zero-order chi connectivity index (χ0) is 19.9. The molecular weight excluding hydrogens is 395 g/mol. The standard InChI is InChI=1S/C18H17ClF3N5O/c19-12-7-24-16-14(12)15(25-9-26-16)11-5-13(23-6-11)17(28)27(8-10-1-2-10)4-3-18(20,21)22/h5-7,9-10,23H,1-4,8H2,(H,24,25,26). The number of rotatable bonds is 6. The van der Waals surface area contributed by atoms with Crippen molar-refractivity contribution in [3.63, 3.8) is 0 Å². The summed E-state index contributed by atoms with van der Waals surface area (Å²) in [5.74, 6) is -0.167. The van der Waals surface area contributed by atoms with Crippen molar-refractivity contribution < 1.29 is 18.0 Å². The molecule has 10 heteroatoms. The number of halogens is 4. The Morgan fingerprint density at radius 3 is 2.75 bits per heavy atom. The summed E-state index contributed by atoms with van der Waals surface area (Å²) in [6, 6.07) is 1.58. The van der Waals surface area contributed by atoms with Crippen LogP contribution < -0.4 is 0 Å². The molecular formula is C18H17ClF3N5O. The highest BCUT2D eigenvalue weighted by Gasteiger charge is 2.32. The molecule has 1 aliphatic rings. The molecule has 0 unspecified atom stereocenters. The van der Waals surface area contributed by atoms with Crippen molar-refractivity contribution in [1.29, 1.82) is 0 Å². The highest BCUT2D eigenvalue weighted by atomic mass is 35.5. The molecule has 3 aromatic heterocycles. The molecule has 1 amide bonds. The zero-order valence-corrected chi connectivity index (χ0v) is 15.4. The molecule has 1 saturated carbocycles. The molecule has 0 aromatic carbocycles. The van der Waals surface area contributed by atoms with E-state index >= 15 is 0 Å². The normalized spacial score (nSPS) is 14.6. The van der Waals surface area contributed by atoms with Crippen LogP contribution in [0, 0.1) is 5.92 Å². The summed E-state index contributed by atoms with van der Waals surface area (Å²) in [6.07, 6.45) is 1.12. The highest BCUT2D eigenvalue weighted by molar-refractivity contribution is 6.36. The van der Waals surface area contributed by atoms with Gasteiger partial charge in [0, 0.05) is 31.0 Å². The average Bonchev–Trinajstić information content (AvgIpc) is 3.18. The number of nitrogens with one attached hydrogen (secondary N) is 2. The molecule has 3 heterocycles. The smallest absolute Gasteiger partial charge is 0.357 e. The summed E-state index contributed by atoms with van der Waals surface area (Å²) in [5, 5.41) is 1.06. The Morgan fingerprint density at radius 2 is 2.04 bits per heavy atom. The minimum atomic E-state index is -4.30. The number of alkyl halides is 3. The lowest BCUT2D eigenvalue weighted by molar-refractivity contribution is -0.136. The van der Waals surface area contributed by atoms with Gasteiger partial charge in [-0.25, -0.2) is 9.97 Å². The number of aromatic nitrogens is 4. The van der Waals surface area contributed by atoms with E-state index < -0.39 is 18.5 Å². The van der Waals surface area contributed by atoms with Gasteiger partial charge in [-0.05, 0) is 24.8 Å². The van der Waals surface area contributed by atoms with Crippen LogP contribution in [-0.4, -0.2) is 50.0 Å². The third kappa shape index (κ3) is 3.99. The maximum absolute atomic E-state index is 12.8. The van der Waals surface area contributed by atoms with Gasteiger partial charge in [0.1, 0.15) is 17.7 Å². The molecule has 148 valence electrons. The molecule has 0 atom stereocenters. The fourth-order valence-electron chi connectivity index (χ4n) is 3.12. The van der Waals surface area contributed by atoms with Crippen LogP contribution in [0.25, 0.3) is 22.3 Å². The molecule has 6 nitrogen and oxygen atoms in total. The predicted molar refractivity (Wildman–Crippen MR) is 98.0 cm³/mol. The molecule has 2 N–H and O–H groups in total. The fourth-order valence-corrected chi connectivity index (χ4v) is 3.35. The van der Waals surface area contributed by atoms with E-state index in [0.29, 0.717) is 33.9 Å². The Morgan fingerprint density at radius 1 is 1.25 bits per heavy atom. The van der Waals surface area contributed by atoms with E-state index in [-0.39, 0.29) is 18.2 Å². The van der Waals surface area contributed by atoms with Crippen molar-refractivity contribution in [2.45, 2.75) is 25.4 Å². The summed E-state index contributed by atoms with van der Waals surface area (Å²) in [7, 11) is 0. The van der Waals surface area contributed by atoms with Gasteiger partial charge < -0.3 is 14.9 Å². The van der Waals surface area contributed by atoms with Gasteiger partial charge in [-0.3, -0.25) is 4.79 Å². The average molecular weight is 412 g/mol. The van der Waals surface area contributed by atoms with Gasteiger partial charge in [0.2, 0.25) is 0 Å². The van der Waals surface area contributed by atoms with E-state index in [2.05, 4.69) is 19.9 Å². The van der Waals surface area contributed by atoms with E-state index in [0.717, 1.165) is 12.8 Å². The number of hydrogen-bond donors (Lipinski definition) is 2. The van der Waals surface area contributed by atoms with Gasteiger partial charge in [0.25, 0.3) is 5.91 Å². The van der Waals surface area contributed by atoms with E-state index in [1.807, 2.05) is 0 Å². The molecule has 0 radical (unpaired) electrons. The number of carbonyl (C=O) groups is 1. The van der Waals surface area contributed by atoms with Crippen LogP contribution in [0.1, 0.15) is 29.8 Å². The van der Waals surface area contributed by atoms with Gasteiger partial charge in [-0.15, -0.1) is 0 Å². The third-order valence-electron chi connectivity index (χ3n) is 4.74. The maximum Gasteiger partial charge on any atom is 0.390 e. The van der Waals surface area contributed by atoms with Crippen molar-refractivity contribution in [3.8, 4) is 11.3 Å². The molecule has 0 aliphatic heterocycles.